The van der Waals surface area contributed by atoms with E-state index in [1.54, 1.807) is 26.4 Å². The summed E-state index contributed by atoms with van der Waals surface area (Å²) < 4.78 is 39.0. The van der Waals surface area contributed by atoms with E-state index in [2.05, 4.69) is 10.3 Å². The molecule has 2 aromatic heterocycles. The molecule has 1 amide bonds. The first-order chi connectivity index (χ1) is 14.8. The second-order valence-corrected chi connectivity index (χ2v) is 11.8. The van der Waals surface area contributed by atoms with Crippen molar-refractivity contribution in [3.63, 3.8) is 0 Å². The number of amides is 1. The van der Waals surface area contributed by atoms with Crippen LogP contribution in [0.4, 0.5) is 5.13 Å². The molecule has 4 rings (SSSR count). The number of rotatable bonds is 6. The lowest BCUT2D eigenvalue weighted by atomic mass is 9.97. The highest BCUT2D eigenvalue weighted by Gasteiger charge is 2.33. The molecule has 12 heteroatoms. The highest BCUT2D eigenvalue weighted by molar-refractivity contribution is 7.91. The molecule has 1 saturated heterocycles. The van der Waals surface area contributed by atoms with Gasteiger partial charge in [-0.3, -0.25) is 4.79 Å². The molecular formula is C19H20ClN3O5S3. The molecule has 0 atom stereocenters. The SMILES string of the molecule is COc1cc2nc(NC(=O)C3CCN(S(=O)(=O)c4ccc(Cl)s4)CC3)sc2cc1OC. The number of nitrogens with one attached hydrogen (secondary N) is 1. The zero-order chi connectivity index (χ0) is 22.2. The van der Waals surface area contributed by atoms with Crippen LogP contribution in [-0.4, -0.2) is 50.9 Å². The molecule has 0 bridgehead atoms. The molecule has 0 radical (unpaired) electrons. The van der Waals surface area contributed by atoms with Crippen molar-refractivity contribution >= 4 is 65.6 Å². The molecule has 1 N–H and O–H groups in total. The van der Waals surface area contributed by atoms with Crippen LogP contribution in [0, 0.1) is 5.92 Å². The number of halogens is 1. The minimum atomic E-state index is -3.58. The van der Waals surface area contributed by atoms with E-state index in [9.17, 15) is 13.2 Å². The summed E-state index contributed by atoms with van der Waals surface area (Å²) in [5.74, 6) is 0.722. The average molecular weight is 502 g/mol. The largest absolute Gasteiger partial charge is 0.493 e. The maximum atomic E-state index is 12.7. The number of hydrogen-bond donors (Lipinski definition) is 1. The number of methoxy groups -OCH3 is 2. The third-order valence-electron chi connectivity index (χ3n) is 5.09. The van der Waals surface area contributed by atoms with Gasteiger partial charge in [-0.05, 0) is 25.0 Å². The molecule has 1 aliphatic rings. The van der Waals surface area contributed by atoms with Gasteiger partial charge in [-0.1, -0.05) is 22.9 Å². The Hall–Kier alpha value is -1.92. The summed E-state index contributed by atoms with van der Waals surface area (Å²) in [6.45, 7) is 0.564. The number of thiophene rings is 1. The number of piperidine rings is 1. The number of fused-ring (bicyclic) bond motifs is 1. The Morgan fingerprint density at radius 3 is 2.45 bits per heavy atom. The maximum absolute atomic E-state index is 12.7. The first kappa shape index (κ1) is 22.3. The molecule has 3 heterocycles. The quantitative estimate of drug-likeness (QED) is 0.546. The highest BCUT2D eigenvalue weighted by Crippen LogP contribution is 2.36. The van der Waals surface area contributed by atoms with Crippen LogP contribution in [0.25, 0.3) is 10.2 Å². The smallest absolute Gasteiger partial charge is 0.252 e. The fourth-order valence-corrected chi connectivity index (χ4v) is 7.42. The number of carbonyl (C=O) groups excluding carboxylic acids is 1. The van der Waals surface area contributed by atoms with E-state index in [1.807, 2.05) is 6.07 Å². The molecule has 1 aromatic carbocycles. The Labute approximate surface area is 192 Å². The van der Waals surface area contributed by atoms with E-state index in [0.29, 0.717) is 39.3 Å². The lowest BCUT2D eigenvalue weighted by molar-refractivity contribution is -0.120. The summed E-state index contributed by atoms with van der Waals surface area (Å²) in [5, 5.41) is 3.35. The summed E-state index contributed by atoms with van der Waals surface area (Å²) in [4.78, 5) is 17.2. The molecule has 31 heavy (non-hydrogen) atoms. The van der Waals surface area contributed by atoms with Gasteiger partial charge in [0.15, 0.2) is 16.6 Å². The monoisotopic (exact) mass is 501 g/mol. The second kappa shape index (κ2) is 8.91. The highest BCUT2D eigenvalue weighted by atomic mass is 35.5. The van der Waals surface area contributed by atoms with Crippen molar-refractivity contribution in [3.05, 3.63) is 28.6 Å². The van der Waals surface area contributed by atoms with Gasteiger partial charge in [0, 0.05) is 31.1 Å². The first-order valence-corrected chi connectivity index (χ1v) is 12.9. The van der Waals surface area contributed by atoms with E-state index >= 15 is 0 Å². The summed E-state index contributed by atoms with van der Waals surface area (Å²) in [7, 11) is -0.462. The van der Waals surface area contributed by atoms with Gasteiger partial charge in [0.05, 0.1) is 28.8 Å². The van der Waals surface area contributed by atoms with Crippen molar-refractivity contribution in [2.24, 2.45) is 5.92 Å². The Kier molecular flexibility index (Phi) is 6.40. The van der Waals surface area contributed by atoms with E-state index in [4.69, 9.17) is 21.1 Å². The van der Waals surface area contributed by atoms with Crippen LogP contribution < -0.4 is 14.8 Å². The van der Waals surface area contributed by atoms with Crippen molar-refractivity contribution < 1.29 is 22.7 Å². The predicted octanol–water partition coefficient (Wildman–Crippen LogP) is 4.07. The van der Waals surface area contributed by atoms with Gasteiger partial charge >= 0.3 is 0 Å². The molecule has 0 aliphatic carbocycles. The summed E-state index contributed by atoms with van der Waals surface area (Å²) in [6.07, 6.45) is 0.882. The van der Waals surface area contributed by atoms with Crippen molar-refractivity contribution in [1.29, 1.82) is 0 Å². The number of ether oxygens (including phenoxy) is 2. The van der Waals surface area contributed by atoms with Crippen LogP contribution in [0.3, 0.4) is 0 Å². The first-order valence-electron chi connectivity index (χ1n) is 9.40. The number of thiazole rings is 1. The number of nitrogens with zero attached hydrogens (tertiary/aromatic N) is 2. The van der Waals surface area contributed by atoms with E-state index < -0.39 is 10.0 Å². The predicted molar refractivity (Wildman–Crippen MR) is 122 cm³/mol. The molecule has 0 spiro atoms. The van der Waals surface area contributed by atoms with Crippen LogP contribution in [0.5, 0.6) is 11.5 Å². The average Bonchev–Trinajstić information content (AvgIpc) is 3.38. The van der Waals surface area contributed by atoms with Gasteiger partial charge < -0.3 is 14.8 Å². The Balaban J connectivity index is 1.41. The standard InChI is InChI=1S/C19H20ClN3O5S3/c1-27-13-9-12-15(10-14(13)28-2)29-19(21-12)22-18(24)11-5-7-23(8-6-11)31(25,26)17-4-3-16(20)30-17/h3-4,9-11H,5-8H2,1-2H3,(H,21,22,24). The molecule has 1 aliphatic heterocycles. The van der Waals surface area contributed by atoms with Crippen molar-refractivity contribution in [2.75, 3.05) is 32.6 Å². The second-order valence-electron chi connectivity index (χ2n) is 6.92. The number of sulfonamides is 1. The third-order valence-corrected chi connectivity index (χ3v) is 9.62. The topological polar surface area (TPSA) is 97.8 Å². The lowest BCUT2D eigenvalue weighted by Gasteiger charge is -2.29. The normalized spacial score (nSPS) is 15.8. The molecule has 0 unspecified atom stereocenters. The lowest BCUT2D eigenvalue weighted by Crippen LogP contribution is -2.41. The van der Waals surface area contributed by atoms with Crippen LogP contribution in [0.15, 0.2) is 28.5 Å². The number of hydrogen-bond acceptors (Lipinski definition) is 8. The zero-order valence-electron chi connectivity index (χ0n) is 16.8. The molecule has 1 fully saturated rings. The van der Waals surface area contributed by atoms with E-state index in [0.717, 1.165) is 16.0 Å². The molecule has 8 nitrogen and oxygen atoms in total. The number of benzene rings is 1. The zero-order valence-corrected chi connectivity index (χ0v) is 20.0. The maximum Gasteiger partial charge on any atom is 0.252 e. The third kappa shape index (κ3) is 4.51. The van der Waals surface area contributed by atoms with Gasteiger partial charge in [-0.15, -0.1) is 11.3 Å². The summed E-state index contributed by atoms with van der Waals surface area (Å²) in [6, 6.07) is 6.67. The Morgan fingerprint density at radius 1 is 1.16 bits per heavy atom. The van der Waals surface area contributed by atoms with Gasteiger partial charge in [0.25, 0.3) is 10.0 Å². The Morgan fingerprint density at radius 2 is 1.84 bits per heavy atom. The molecule has 0 saturated carbocycles. The van der Waals surface area contributed by atoms with Crippen LogP contribution >= 0.6 is 34.3 Å². The van der Waals surface area contributed by atoms with Gasteiger partial charge in [-0.2, -0.15) is 4.31 Å². The summed E-state index contributed by atoms with van der Waals surface area (Å²) in [5.41, 5.74) is 0.702. The van der Waals surface area contributed by atoms with Crippen LogP contribution in [0.1, 0.15) is 12.8 Å². The minimum absolute atomic E-state index is 0.158. The molecule has 3 aromatic rings. The van der Waals surface area contributed by atoms with Gasteiger partial charge in [0.2, 0.25) is 5.91 Å². The van der Waals surface area contributed by atoms with E-state index in [1.165, 1.54) is 21.7 Å². The number of anilines is 1. The van der Waals surface area contributed by atoms with Crippen LogP contribution in [-0.2, 0) is 14.8 Å². The van der Waals surface area contributed by atoms with Crippen LogP contribution in [0.2, 0.25) is 4.34 Å². The molecular weight excluding hydrogens is 482 g/mol. The van der Waals surface area contributed by atoms with E-state index in [-0.39, 0.29) is 29.1 Å². The fraction of sp³-hybridized carbons (Fsp3) is 0.368. The minimum Gasteiger partial charge on any atom is -0.493 e. The number of carbonyl (C=O) groups is 1. The Bertz CT molecular complexity index is 1170. The van der Waals surface area contributed by atoms with Gasteiger partial charge in [-0.25, -0.2) is 13.4 Å². The van der Waals surface area contributed by atoms with Crippen molar-refractivity contribution in [1.82, 2.24) is 9.29 Å². The van der Waals surface area contributed by atoms with Gasteiger partial charge in [0.1, 0.15) is 4.21 Å². The van der Waals surface area contributed by atoms with Crippen molar-refractivity contribution in [2.45, 2.75) is 17.1 Å². The fourth-order valence-electron chi connectivity index (χ4n) is 3.44. The molecule has 166 valence electrons. The summed E-state index contributed by atoms with van der Waals surface area (Å²) >= 11 is 8.26. The number of aromatic nitrogens is 1. The van der Waals surface area contributed by atoms with Crippen molar-refractivity contribution in [3.8, 4) is 11.5 Å².